The quantitative estimate of drug-likeness (QED) is 0.684. The predicted octanol–water partition coefficient (Wildman–Crippen LogP) is 6.09. The molecule has 2 atom stereocenters. The third-order valence-electron chi connectivity index (χ3n) is 4.25. The number of hydrogen-bond acceptors (Lipinski definition) is 1. The summed E-state index contributed by atoms with van der Waals surface area (Å²) in [6.07, 6.45) is 0.213. The van der Waals surface area contributed by atoms with Crippen molar-refractivity contribution in [3.8, 4) is 0 Å². The molecule has 1 aromatic rings. The molecule has 0 aromatic heterocycles. The molecule has 0 spiro atoms. The van der Waals surface area contributed by atoms with Gasteiger partial charge < -0.3 is 5.32 Å². The van der Waals surface area contributed by atoms with Gasteiger partial charge in [-0.25, -0.2) is 0 Å². The van der Waals surface area contributed by atoms with Crippen molar-refractivity contribution in [3.05, 3.63) is 28.2 Å². The summed E-state index contributed by atoms with van der Waals surface area (Å²) < 4.78 is 39.1. The maximum atomic E-state index is 12.9. The summed E-state index contributed by atoms with van der Waals surface area (Å²) in [5, 5.41) is 3.34. The number of hydrogen-bond donors (Lipinski definition) is 1. The minimum atomic E-state index is -4.32. The van der Waals surface area contributed by atoms with Gasteiger partial charge in [-0.15, -0.1) is 0 Å². The predicted molar refractivity (Wildman–Crippen MR) is 83.4 cm³/mol. The van der Waals surface area contributed by atoms with Gasteiger partial charge in [0.05, 0.1) is 5.56 Å². The van der Waals surface area contributed by atoms with Gasteiger partial charge >= 0.3 is 6.18 Å². The molecule has 1 aliphatic rings. The first-order valence-electron chi connectivity index (χ1n) is 7.41. The van der Waals surface area contributed by atoms with E-state index in [1.54, 1.807) is 6.07 Å². The molecule has 21 heavy (non-hydrogen) atoms. The van der Waals surface area contributed by atoms with Gasteiger partial charge in [-0.3, -0.25) is 0 Å². The first kappa shape index (κ1) is 16.7. The van der Waals surface area contributed by atoms with Crippen LogP contribution in [0.5, 0.6) is 0 Å². The van der Waals surface area contributed by atoms with Crippen LogP contribution < -0.4 is 5.32 Å². The van der Waals surface area contributed by atoms with Crippen LogP contribution >= 0.6 is 15.9 Å². The second-order valence-electron chi connectivity index (χ2n) is 6.17. The molecule has 2 rings (SSSR count). The summed E-state index contributed by atoms with van der Waals surface area (Å²) in [5.41, 5.74) is -0.0643. The van der Waals surface area contributed by atoms with Gasteiger partial charge in [0.1, 0.15) is 0 Å². The zero-order chi connectivity index (χ0) is 15.6. The van der Waals surface area contributed by atoms with E-state index in [4.69, 9.17) is 0 Å². The van der Waals surface area contributed by atoms with E-state index in [1.807, 2.05) is 0 Å². The number of alkyl halides is 3. The summed E-state index contributed by atoms with van der Waals surface area (Å²) >= 11 is 3.17. The van der Waals surface area contributed by atoms with E-state index in [2.05, 4.69) is 35.1 Å². The van der Waals surface area contributed by atoms with Crippen molar-refractivity contribution in [2.45, 2.75) is 51.7 Å². The van der Waals surface area contributed by atoms with Gasteiger partial charge in [0.15, 0.2) is 0 Å². The van der Waals surface area contributed by atoms with Crippen molar-refractivity contribution in [3.63, 3.8) is 0 Å². The number of nitrogens with one attached hydrogen (secondary N) is 1. The highest BCUT2D eigenvalue weighted by molar-refractivity contribution is 9.10. The molecule has 0 saturated heterocycles. The van der Waals surface area contributed by atoms with Crippen LogP contribution in [0.15, 0.2) is 22.7 Å². The maximum absolute atomic E-state index is 12.9. The van der Waals surface area contributed by atoms with Crippen LogP contribution in [0.3, 0.4) is 0 Å². The molecular formula is C16H21BrF3N. The zero-order valence-electron chi connectivity index (χ0n) is 12.3. The highest BCUT2D eigenvalue weighted by atomic mass is 79.9. The summed E-state index contributed by atoms with van der Waals surface area (Å²) in [6, 6.07) is 4.30. The Kier molecular flexibility index (Phi) is 5.23. The monoisotopic (exact) mass is 363 g/mol. The summed E-state index contributed by atoms with van der Waals surface area (Å²) in [4.78, 5) is 0. The Labute approximate surface area is 132 Å². The number of benzene rings is 1. The Morgan fingerprint density at radius 2 is 1.81 bits per heavy atom. The molecule has 1 aromatic carbocycles. The highest BCUT2D eigenvalue weighted by Crippen LogP contribution is 2.36. The molecule has 5 heteroatoms. The van der Waals surface area contributed by atoms with Gasteiger partial charge in [-0.05, 0) is 42.9 Å². The lowest BCUT2D eigenvalue weighted by Gasteiger charge is -2.35. The van der Waals surface area contributed by atoms with Crippen molar-refractivity contribution in [1.29, 1.82) is 0 Å². The molecule has 0 aliphatic heterocycles. The zero-order valence-corrected chi connectivity index (χ0v) is 13.9. The Morgan fingerprint density at radius 1 is 1.14 bits per heavy atom. The van der Waals surface area contributed by atoms with Crippen LogP contribution in [0, 0.1) is 11.8 Å². The number of rotatable bonds is 3. The average molecular weight is 364 g/mol. The lowest BCUT2D eigenvalue weighted by Crippen LogP contribution is -2.35. The van der Waals surface area contributed by atoms with Crippen LogP contribution in [-0.2, 0) is 6.18 Å². The van der Waals surface area contributed by atoms with E-state index in [0.717, 1.165) is 25.3 Å². The third-order valence-corrected chi connectivity index (χ3v) is 4.71. The van der Waals surface area contributed by atoms with Gasteiger partial charge in [0, 0.05) is 16.2 Å². The van der Waals surface area contributed by atoms with Gasteiger partial charge in [0.25, 0.3) is 0 Å². The fourth-order valence-corrected chi connectivity index (χ4v) is 3.68. The second kappa shape index (κ2) is 6.59. The second-order valence-corrected chi connectivity index (χ2v) is 7.09. The van der Waals surface area contributed by atoms with Gasteiger partial charge in [-0.1, -0.05) is 42.6 Å². The molecule has 118 valence electrons. The Balaban J connectivity index is 2.20. The van der Waals surface area contributed by atoms with E-state index < -0.39 is 11.7 Å². The van der Waals surface area contributed by atoms with Crippen molar-refractivity contribution >= 4 is 21.6 Å². The molecule has 1 saturated carbocycles. The van der Waals surface area contributed by atoms with Crippen molar-refractivity contribution in [1.82, 2.24) is 0 Å². The molecule has 1 fully saturated rings. The Bertz CT molecular complexity index is 485. The molecule has 1 N–H and O–H groups in total. The first-order valence-corrected chi connectivity index (χ1v) is 8.21. The van der Waals surface area contributed by atoms with Gasteiger partial charge in [0.2, 0.25) is 0 Å². The minimum absolute atomic E-state index is 0.258. The van der Waals surface area contributed by atoms with Crippen molar-refractivity contribution < 1.29 is 13.2 Å². The number of anilines is 1. The van der Waals surface area contributed by atoms with Crippen molar-refractivity contribution in [2.24, 2.45) is 11.8 Å². The fraction of sp³-hybridized carbons (Fsp3) is 0.625. The van der Waals surface area contributed by atoms with Crippen LogP contribution in [-0.4, -0.2) is 6.04 Å². The third kappa shape index (κ3) is 4.38. The Hall–Kier alpha value is -0.710. The molecule has 0 heterocycles. The van der Waals surface area contributed by atoms with Crippen LogP contribution in [0.1, 0.15) is 45.1 Å². The lowest BCUT2D eigenvalue weighted by molar-refractivity contribution is -0.137. The van der Waals surface area contributed by atoms with Crippen molar-refractivity contribution in [2.75, 3.05) is 5.32 Å². The van der Waals surface area contributed by atoms with Crippen LogP contribution in [0.25, 0.3) is 0 Å². The summed E-state index contributed by atoms with van der Waals surface area (Å²) in [5.74, 6) is 1.06. The van der Waals surface area contributed by atoms with E-state index >= 15 is 0 Å². The summed E-state index contributed by atoms with van der Waals surface area (Å²) in [6.45, 7) is 4.37. The standard InChI is InChI=1S/C16H21BrF3N/c1-10(2)14-5-3-4-6-15(14)21-13-8-11(16(18,19)20)7-12(17)9-13/h7-10,14-15,21H,3-6H2,1-2H3. The van der Waals surface area contributed by atoms with E-state index in [-0.39, 0.29) is 6.04 Å². The largest absolute Gasteiger partial charge is 0.416 e. The molecule has 0 amide bonds. The minimum Gasteiger partial charge on any atom is -0.382 e. The molecule has 1 aliphatic carbocycles. The summed E-state index contributed by atoms with van der Waals surface area (Å²) in [7, 11) is 0. The molecule has 1 nitrogen and oxygen atoms in total. The average Bonchev–Trinajstić information content (AvgIpc) is 2.37. The smallest absolute Gasteiger partial charge is 0.382 e. The van der Waals surface area contributed by atoms with E-state index in [0.29, 0.717) is 22.0 Å². The molecule has 2 unspecified atom stereocenters. The fourth-order valence-electron chi connectivity index (χ4n) is 3.19. The van der Waals surface area contributed by atoms with Gasteiger partial charge in [-0.2, -0.15) is 13.2 Å². The highest BCUT2D eigenvalue weighted by Gasteiger charge is 2.32. The van der Waals surface area contributed by atoms with Crippen LogP contribution in [0.4, 0.5) is 18.9 Å². The number of halogens is 4. The topological polar surface area (TPSA) is 12.0 Å². The first-order chi connectivity index (χ1) is 9.77. The lowest BCUT2D eigenvalue weighted by atomic mass is 9.78. The molecule has 0 bridgehead atoms. The normalized spacial score (nSPS) is 23.4. The molecule has 0 radical (unpaired) electrons. The van der Waals surface area contributed by atoms with Crippen LogP contribution in [0.2, 0.25) is 0 Å². The van der Waals surface area contributed by atoms with E-state index in [9.17, 15) is 13.2 Å². The Morgan fingerprint density at radius 3 is 2.43 bits per heavy atom. The molecular weight excluding hydrogens is 343 g/mol. The van der Waals surface area contributed by atoms with E-state index in [1.165, 1.54) is 12.5 Å². The maximum Gasteiger partial charge on any atom is 0.416 e. The SMILES string of the molecule is CC(C)C1CCCCC1Nc1cc(Br)cc(C(F)(F)F)c1.